The molecule has 2 atom stereocenters. The second-order valence-electron chi connectivity index (χ2n) is 6.34. The Labute approximate surface area is 180 Å². The predicted octanol–water partition coefficient (Wildman–Crippen LogP) is 3.04. The third-order valence-corrected chi connectivity index (χ3v) is 5.10. The number of hydrogen-bond donors (Lipinski definition) is 2. The fourth-order valence-corrected chi connectivity index (χ4v) is 3.64. The molecule has 1 aromatic carbocycles. The van der Waals surface area contributed by atoms with Gasteiger partial charge in [-0.15, -0.1) is 36.2 Å². The molecule has 1 aliphatic rings. The maximum absolute atomic E-state index is 10.5. The summed E-state index contributed by atoms with van der Waals surface area (Å²) in [4.78, 5) is 17.3. The van der Waals surface area contributed by atoms with Crippen LogP contribution in [-0.2, 0) is 16.0 Å². The molecule has 7 nitrogen and oxygen atoms in total. The standard InChI is InChI=1S/C18H23N3O4S.2ClH/c1-12(8-13-2-4-14(5-3-13)25-10-17(22)23)21-6-7-24-16(9-21)15-11-26-18(19)20-15;;/h2-5,11-12,16H,6-10H2,1H3,(H2,19,20)(H,22,23);2*1H. The lowest BCUT2D eigenvalue weighted by Crippen LogP contribution is -2.44. The third kappa shape index (κ3) is 6.79. The average molecular weight is 450 g/mol. The van der Waals surface area contributed by atoms with Crippen LogP contribution < -0.4 is 10.5 Å². The van der Waals surface area contributed by atoms with E-state index in [0.717, 1.165) is 25.2 Å². The first kappa shape index (κ1) is 24.5. The fourth-order valence-electron chi connectivity index (χ4n) is 3.03. The summed E-state index contributed by atoms with van der Waals surface area (Å²) in [6, 6.07) is 7.93. The highest BCUT2D eigenvalue weighted by Gasteiger charge is 2.26. The van der Waals surface area contributed by atoms with Gasteiger partial charge in [0.15, 0.2) is 11.7 Å². The zero-order valence-electron chi connectivity index (χ0n) is 15.4. The van der Waals surface area contributed by atoms with Crippen molar-refractivity contribution < 1.29 is 19.4 Å². The lowest BCUT2D eigenvalue weighted by atomic mass is 10.0. The number of carbonyl (C=O) groups is 1. The molecule has 0 bridgehead atoms. The zero-order valence-corrected chi connectivity index (χ0v) is 17.9. The topological polar surface area (TPSA) is 97.9 Å². The van der Waals surface area contributed by atoms with Crippen LogP contribution in [0.3, 0.4) is 0 Å². The van der Waals surface area contributed by atoms with E-state index in [4.69, 9.17) is 20.3 Å². The zero-order chi connectivity index (χ0) is 18.5. The number of carboxylic acids is 1. The summed E-state index contributed by atoms with van der Waals surface area (Å²) in [7, 11) is 0. The van der Waals surface area contributed by atoms with Gasteiger partial charge in [-0.3, -0.25) is 4.90 Å². The van der Waals surface area contributed by atoms with Crippen molar-refractivity contribution >= 4 is 47.3 Å². The van der Waals surface area contributed by atoms with E-state index in [1.807, 2.05) is 29.6 Å². The number of halogens is 2. The quantitative estimate of drug-likeness (QED) is 0.669. The van der Waals surface area contributed by atoms with Crippen molar-refractivity contribution in [1.29, 1.82) is 0 Å². The van der Waals surface area contributed by atoms with Gasteiger partial charge in [-0.2, -0.15) is 0 Å². The average Bonchev–Trinajstić information content (AvgIpc) is 3.07. The van der Waals surface area contributed by atoms with E-state index in [2.05, 4.69) is 16.8 Å². The number of morpholine rings is 1. The largest absolute Gasteiger partial charge is 0.482 e. The number of anilines is 1. The summed E-state index contributed by atoms with van der Waals surface area (Å²) in [6.45, 7) is 4.23. The van der Waals surface area contributed by atoms with Crippen LogP contribution in [0, 0.1) is 0 Å². The van der Waals surface area contributed by atoms with Crippen LogP contribution in [0.15, 0.2) is 29.6 Å². The van der Waals surface area contributed by atoms with E-state index in [-0.39, 0.29) is 37.5 Å². The van der Waals surface area contributed by atoms with Gasteiger partial charge in [0, 0.05) is 24.5 Å². The highest BCUT2D eigenvalue weighted by Crippen LogP contribution is 2.26. The molecule has 0 saturated carbocycles. The summed E-state index contributed by atoms with van der Waals surface area (Å²) in [6.07, 6.45) is 0.858. The first-order chi connectivity index (χ1) is 12.5. The Kier molecular flexibility index (Phi) is 9.98. The summed E-state index contributed by atoms with van der Waals surface area (Å²) in [5, 5.41) is 11.2. The van der Waals surface area contributed by atoms with Crippen molar-refractivity contribution in [3.8, 4) is 5.75 Å². The Hall–Kier alpha value is -1.58. The number of hydrogen-bond acceptors (Lipinski definition) is 7. The minimum Gasteiger partial charge on any atom is -0.482 e. The number of aromatic nitrogens is 1. The van der Waals surface area contributed by atoms with E-state index in [1.165, 1.54) is 16.9 Å². The molecule has 156 valence electrons. The van der Waals surface area contributed by atoms with Crippen molar-refractivity contribution in [2.75, 3.05) is 32.0 Å². The lowest BCUT2D eigenvalue weighted by Gasteiger charge is -2.36. The predicted molar refractivity (Wildman–Crippen MR) is 114 cm³/mol. The lowest BCUT2D eigenvalue weighted by molar-refractivity contribution is -0.139. The van der Waals surface area contributed by atoms with Crippen LogP contribution in [0.2, 0.25) is 0 Å². The summed E-state index contributed by atoms with van der Waals surface area (Å²) in [5.74, 6) is -0.414. The van der Waals surface area contributed by atoms with Crippen molar-refractivity contribution in [2.45, 2.75) is 25.5 Å². The fraction of sp³-hybridized carbons (Fsp3) is 0.444. The van der Waals surface area contributed by atoms with Crippen LogP contribution >= 0.6 is 36.2 Å². The molecule has 3 N–H and O–H groups in total. The molecule has 0 aliphatic carbocycles. The highest BCUT2D eigenvalue weighted by molar-refractivity contribution is 7.13. The molecule has 1 fully saturated rings. The van der Waals surface area contributed by atoms with Crippen LogP contribution in [0.1, 0.15) is 24.3 Å². The van der Waals surface area contributed by atoms with Gasteiger partial charge in [-0.05, 0) is 31.0 Å². The van der Waals surface area contributed by atoms with Gasteiger partial charge in [0.05, 0.1) is 12.3 Å². The third-order valence-electron chi connectivity index (χ3n) is 4.41. The summed E-state index contributed by atoms with van der Waals surface area (Å²) < 4.78 is 11.0. The molecule has 3 rings (SSSR count). The highest BCUT2D eigenvalue weighted by atomic mass is 35.5. The van der Waals surface area contributed by atoms with Crippen LogP contribution in [0.5, 0.6) is 5.75 Å². The Balaban J connectivity index is 0.00000196. The van der Waals surface area contributed by atoms with Crippen LogP contribution in [0.4, 0.5) is 5.13 Å². The van der Waals surface area contributed by atoms with Gasteiger partial charge in [-0.1, -0.05) is 12.1 Å². The minimum atomic E-state index is -0.980. The normalized spacial score (nSPS) is 17.8. The van der Waals surface area contributed by atoms with E-state index in [0.29, 0.717) is 23.5 Å². The van der Waals surface area contributed by atoms with Gasteiger partial charge in [-0.25, -0.2) is 9.78 Å². The summed E-state index contributed by atoms with van der Waals surface area (Å²) >= 11 is 1.44. The molecule has 10 heteroatoms. The number of ether oxygens (including phenoxy) is 2. The maximum Gasteiger partial charge on any atom is 0.341 e. The number of nitrogen functional groups attached to an aromatic ring is 1. The van der Waals surface area contributed by atoms with Gasteiger partial charge in [0.1, 0.15) is 11.9 Å². The Morgan fingerprint density at radius 1 is 1.43 bits per heavy atom. The number of thiazole rings is 1. The first-order valence-electron chi connectivity index (χ1n) is 8.51. The van der Waals surface area contributed by atoms with Crippen molar-refractivity contribution in [3.63, 3.8) is 0 Å². The van der Waals surface area contributed by atoms with Crippen molar-refractivity contribution in [1.82, 2.24) is 9.88 Å². The summed E-state index contributed by atoms with van der Waals surface area (Å²) in [5.41, 5.74) is 7.82. The van der Waals surface area contributed by atoms with E-state index < -0.39 is 5.97 Å². The van der Waals surface area contributed by atoms with E-state index >= 15 is 0 Å². The molecule has 2 heterocycles. The molecule has 2 unspecified atom stereocenters. The number of benzene rings is 1. The number of carboxylic acid groups (broad SMARTS) is 1. The molecule has 0 amide bonds. The molecule has 0 spiro atoms. The van der Waals surface area contributed by atoms with E-state index in [9.17, 15) is 4.79 Å². The molecule has 1 aliphatic heterocycles. The van der Waals surface area contributed by atoms with Gasteiger partial charge in [0.25, 0.3) is 0 Å². The molecule has 1 saturated heterocycles. The minimum absolute atomic E-state index is 0. The second kappa shape index (κ2) is 11.4. The molecular formula is C18H25Cl2N3O4S. The van der Waals surface area contributed by atoms with Crippen LogP contribution in [-0.4, -0.2) is 53.3 Å². The van der Waals surface area contributed by atoms with Crippen molar-refractivity contribution in [2.24, 2.45) is 0 Å². The van der Waals surface area contributed by atoms with Crippen molar-refractivity contribution in [3.05, 3.63) is 40.9 Å². The maximum atomic E-state index is 10.5. The van der Waals surface area contributed by atoms with Crippen LogP contribution in [0.25, 0.3) is 0 Å². The molecule has 0 radical (unpaired) electrons. The van der Waals surface area contributed by atoms with Gasteiger partial charge >= 0.3 is 5.97 Å². The first-order valence-corrected chi connectivity index (χ1v) is 9.39. The number of nitrogens with two attached hydrogens (primary N) is 1. The Morgan fingerprint density at radius 3 is 2.75 bits per heavy atom. The number of rotatable bonds is 7. The van der Waals surface area contributed by atoms with Gasteiger partial charge < -0.3 is 20.3 Å². The van der Waals surface area contributed by atoms with E-state index in [1.54, 1.807) is 0 Å². The SMILES string of the molecule is CC(Cc1ccc(OCC(=O)O)cc1)N1CCOC(c2csc(N)n2)C1.Cl.Cl. The number of nitrogens with zero attached hydrogens (tertiary/aromatic N) is 2. The molecule has 2 aromatic rings. The molecular weight excluding hydrogens is 425 g/mol. The van der Waals surface area contributed by atoms with Gasteiger partial charge in [0.2, 0.25) is 0 Å². The molecule has 1 aromatic heterocycles. The Bertz CT molecular complexity index is 745. The smallest absolute Gasteiger partial charge is 0.341 e. The monoisotopic (exact) mass is 449 g/mol. The Morgan fingerprint density at radius 2 is 2.14 bits per heavy atom. The second-order valence-corrected chi connectivity index (χ2v) is 7.23. The molecule has 28 heavy (non-hydrogen) atoms. The number of aliphatic carboxylic acids is 1.